The number of aromatic nitrogens is 2. The van der Waals surface area contributed by atoms with Crippen molar-refractivity contribution in [1.82, 2.24) is 9.78 Å². The molecule has 0 aliphatic heterocycles. The lowest BCUT2D eigenvalue weighted by molar-refractivity contribution is -0.384. The summed E-state index contributed by atoms with van der Waals surface area (Å²) in [5.74, 6) is 0. The first-order valence-electron chi connectivity index (χ1n) is 4.95. The van der Waals surface area contributed by atoms with Crippen molar-refractivity contribution in [3.05, 3.63) is 46.3 Å². The van der Waals surface area contributed by atoms with Crippen LogP contribution in [0.5, 0.6) is 0 Å². The molecule has 0 aliphatic carbocycles. The van der Waals surface area contributed by atoms with Gasteiger partial charge in [-0.3, -0.25) is 14.8 Å². The number of nitriles is 1. The van der Waals surface area contributed by atoms with Gasteiger partial charge in [-0.1, -0.05) is 11.8 Å². The lowest BCUT2D eigenvalue weighted by Crippen LogP contribution is -1.90. The summed E-state index contributed by atoms with van der Waals surface area (Å²) in [6.45, 7) is 0. The molecule has 90 valence electrons. The summed E-state index contributed by atoms with van der Waals surface area (Å²) in [7, 11) is 1.80. The Bertz CT molecular complexity index is 645. The Morgan fingerprint density at radius 3 is 2.89 bits per heavy atom. The predicted molar refractivity (Wildman–Crippen MR) is 65.1 cm³/mol. The molecule has 0 fully saturated rings. The second-order valence-corrected chi connectivity index (χ2v) is 4.62. The van der Waals surface area contributed by atoms with E-state index in [4.69, 9.17) is 5.26 Å². The summed E-state index contributed by atoms with van der Waals surface area (Å²) in [6.07, 6.45) is 3.49. The van der Waals surface area contributed by atoms with Gasteiger partial charge in [-0.25, -0.2) is 0 Å². The van der Waals surface area contributed by atoms with Gasteiger partial charge in [-0.05, 0) is 6.07 Å². The fraction of sp³-hybridized carbons (Fsp3) is 0.0909. The maximum absolute atomic E-state index is 10.6. The summed E-state index contributed by atoms with van der Waals surface area (Å²) in [5, 5.41) is 23.6. The van der Waals surface area contributed by atoms with E-state index < -0.39 is 4.92 Å². The van der Waals surface area contributed by atoms with E-state index in [2.05, 4.69) is 5.10 Å². The van der Waals surface area contributed by atoms with E-state index >= 15 is 0 Å². The number of nitro benzene ring substituents is 1. The van der Waals surface area contributed by atoms with Crippen LogP contribution in [-0.2, 0) is 7.05 Å². The van der Waals surface area contributed by atoms with Crippen molar-refractivity contribution < 1.29 is 4.92 Å². The fourth-order valence-corrected chi connectivity index (χ4v) is 2.30. The van der Waals surface area contributed by atoms with E-state index in [0.29, 0.717) is 4.90 Å². The molecule has 1 heterocycles. The molecule has 7 heteroatoms. The predicted octanol–water partition coefficient (Wildman–Crippen LogP) is 2.35. The number of hydrogen-bond donors (Lipinski definition) is 0. The maximum Gasteiger partial charge on any atom is 0.270 e. The number of benzene rings is 1. The minimum atomic E-state index is -0.515. The molecule has 1 aromatic carbocycles. The molecular formula is C11H8N4O2S. The van der Waals surface area contributed by atoms with Crippen LogP contribution in [0, 0.1) is 21.4 Å². The second-order valence-electron chi connectivity index (χ2n) is 3.50. The van der Waals surface area contributed by atoms with Crippen molar-refractivity contribution in [1.29, 1.82) is 5.26 Å². The number of hydrogen-bond acceptors (Lipinski definition) is 5. The third-order valence-corrected chi connectivity index (χ3v) is 3.23. The number of non-ortho nitro benzene ring substituents is 1. The first-order chi connectivity index (χ1) is 8.60. The zero-order chi connectivity index (χ0) is 13.1. The van der Waals surface area contributed by atoms with Crippen molar-refractivity contribution in [2.45, 2.75) is 9.79 Å². The van der Waals surface area contributed by atoms with Gasteiger partial charge in [0.15, 0.2) is 0 Å². The summed E-state index contributed by atoms with van der Waals surface area (Å²) in [5.41, 5.74) is 0.208. The highest BCUT2D eigenvalue weighted by Gasteiger charge is 2.12. The third-order valence-electron chi connectivity index (χ3n) is 2.20. The van der Waals surface area contributed by atoms with Gasteiger partial charge in [0, 0.05) is 30.3 Å². The number of nitrogens with zero attached hydrogens (tertiary/aromatic N) is 4. The van der Waals surface area contributed by atoms with Crippen LogP contribution in [0.3, 0.4) is 0 Å². The first kappa shape index (κ1) is 12.1. The topological polar surface area (TPSA) is 84.7 Å². The van der Waals surface area contributed by atoms with Crippen LogP contribution in [0.4, 0.5) is 5.69 Å². The van der Waals surface area contributed by atoms with Crippen LogP contribution in [0.15, 0.2) is 40.4 Å². The van der Waals surface area contributed by atoms with Crippen molar-refractivity contribution in [3.63, 3.8) is 0 Å². The maximum atomic E-state index is 10.6. The van der Waals surface area contributed by atoms with E-state index in [9.17, 15) is 10.1 Å². The lowest BCUT2D eigenvalue weighted by atomic mass is 10.2. The van der Waals surface area contributed by atoms with Gasteiger partial charge in [0.05, 0.1) is 21.6 Å². The van der Waals surface area contributed by atoms with E-state index in [1.165, 1.54) is 23.9 Å². The molecule has 0 amide bonds. The van der Waals surface area contributed by atoms with Gasteiger partial charge in [0.25, 0.3) is 5.69 Å². The van der Waals surface area contributed by atoms with Gasteiger partial charge >= 0.3 is 0 Å². The van der Waals surface area contributed by atoms with Crippen LogP contribution < -0.4 is 0 Å². The Hall–Kier alpha value is -2.33. The minimum Gasteiger partial charge on any atom is -0.275 e. The second kappa shape index (κ2) is 4.89. The van der Waals surface area contributed by atoms with Gasteiger partial charge in [-0.15, -0.1) is 0 Å². The van der Waals surface area contributed by atoms with Gasteiger partial charge < -0.3 is 0 Å². The third kappa shape index (κ3) is 2.49. The summed E-state index contributed by atoms with van der Waals surface area (Å²) < 4.78 is 1.65. The fourth-order valence-electron chi connectivity index (χ4n) is 1.39. The number of rotatable bonds is 3. The average Bonchev–Trinajstić information content (AvgIpc) is 2.75. The van der Waals surface area contributed by atoms with E-state index in [1.807, 2.05) is 12.3 Å². The Balaban J connectivity index is 2.34. The molecule has 0 atom stereocenters. The van der Waals surface area contributed by atoms with Crippen molar-refractivity contribution in [2.24, 2.45) is 7.05 Å². The van der Waals surface area contributed by atoms with Gasteiger partial charge in [0.2, 0.25) is 0 Å². The largest absolute Gasteiger partial charge is 0.275 e. The highest BCUT2D eigenvalue weighted by molar-refractivity contribution is 7.99. The molecule has 0 saturated carbocycles. The van der Waals surface area contributed by atoms with Crippen LogP contribution in [0.1, 0.15) is 5.56 Å². The van der Waals surface area contributed by atoms with Crippen LogP contribution >= 0.6 is 11.8 Å². The van der Waals surface area contributed by atoms with E-state index in [1.54, 1.807) is 24.0 Å². The Morgan fingerprint density at radius 1 is 1.56 bits per heavy atom. The molecule has 0 N–H and O–H groups in total. The summed E-state index contributed by atoms with van der Waals surface area (Å²) >= 11 is 1.35. The molecule has 0 saturated heterocycles. The Labute approximate surface area is 107 Å². The molecule has 18 heavy (non-hydrogen) atoms. The molecule has 2 aromatic rings. The van der Waals surface area contributed by atoms with Crippen molar-refractivity contribution in [2.75, 3.05) is 0 Å². The zero-order valence-electron chi connectivity index (χ0n) is 9.40. The molecule has 2 rings (SSSR count). The zero-order valence-corrected chi connectivity index (χ0v) is 10.2. The van der Waals surface area contributed by atoms with Crippen LogP contribution in [0.2, 0.25) is 0 Å². The molecule has 0 aliphatic rings. The highest BCUT2D eigenvalue weighted by atomic mass is 32.2. The Kier molecular flexibility index (Phi) is 3.30. The molecule has 0 radical (unpaired) electrons. The van der Waals surface area contributed by atoms with E-state index in [0.717, 1.165) is 4.90 Å². The molecule has 1 aromatic heterocycles. The van der Waals surface area contributed by atoms with Gasteiger partial charge in [0.1, 0.15) is 6.07 Å². The Morgan fingerprint density at radius 2 is 2.33 bits per heavy atom. The SMILES string of the molecule is Cn1cc(Sc2ccc([N+](=O)[O-])cc2C#N)cn1. The summed E-state index contributed by atoms with van der Waals surface area (Å²) in [4.78, 5) is 11.7. The van der Waals surface area contributed by atoms with E-state index in [-0.39, 0.29) is 11.3 Å². The average molecular weight is 260 g/mol. The van der Waals surface area contributed by atoms with Crippen LogP contribution in [-0.4, -0.2) is 14.7 Å². The van der Waals surface area contributed by atoms with Crippen molar-refractivity contribution >= 4 is 17.4 Å². The van der Waals surface area contributed by atoms with Crippen LogP contribution in [0.25, 0.3) is 0 Å². The smallest absolute Gasteiger partial charge is 0.270 e. The molecule has 0 spiro atoms. The monoisotopic (exact) mass is 260 g/mol. The van der Waals surface area contributed by atoms with Gasteiger partial charge in [-0.2, -0.15) is 10.4 Å². The molecule has 6 nitrogen and oxygen atoms in total. The normalized spacial score (nSPS) is 10.0. The summed E-state index contributed by atoms with van der Waals surface area (Å²) in [6, 6.07) is 6.21. The minimum absolute atomic E-state index is 0.0814. The standard InChI is InChI=1S/C11H8N4O2S/c1-14-7-10(6-13-14)18-11-3-2-9(15(16)17)4-8(11)5-12/h2-4,6-7H,1H3. The molecule has 0 bridgehead atoms. The highest BCUT2D eigenvalue weighted by Crippen LogP contribution is 2.31. The lowest BCUT2D eigenvalue weighted by Gasteiger charge is -2.01. The number of nitro groups is 1. The first-order valence-corrected chi connectivity index (χ1v) is 5.77. The quantitative estimate of drug-likeness (QED) is 0.624. The van der Waals surface area contributed by atoms with Crippen molar-refractivity contribution in [3.8, 4) is 6.07 Å². The number of aryl methyl sites for hydroxylation is 1. The molecular weight excluding hydrogens is 252 g/mol. The molecule has 0 unspecified atom stereocenters.